The van der Waals surface area contributed by atoms with E-state index in [1.165, 1.54) is 16.3 Å². The predicted octanol–water partition coefficient (Wildman–Crippen LogP) is 14.2. The van der Waals surface area contributed by atoms with Crippen molar-refractivity contribution in [3.05, 3.63) is 194 Å². The first-order valence-corrected chi connectivity index (χ1v) is 18.6. The summed E-state index contributed by atoms with van der Waals surface area (Å²) < 4.78 is 7.02. The Kier molecular flexibility index (Phi) is 7.17. The van der Waals surface area contributed by atoms with Gasteiger partial charge in [-0.05, 0) is 68.4 Å². The fourth-order valence-corrected chi connectivity index (χ4v) is 8.20. The molecule has 0 aliphatic rings. The van der Waals surface area contributed by atoms with Crippen LogP contribution in [0.25, 0.3) is 110 Å². The summed E-state index contributed by atoms with van der Waals surface area (Å²) in [5.41, 5.74) is 14.4. The third-order valence-electron chi connectivity index (χ3n) is 10.9. The molecule has 0 saturated carbocycles. The van der Waals surface area contributed by atoms with Crippen molar-refractivity contribution in [3.8, 4) is 55.8 Å². The van der Waals surface area contributed by atoms with Gasteiger partial charge >= 0.3 is 0 Å². The zero-order valence-corrected chi connectivity index (χ0v) is 29.8. The van der Waals surface area contributed by atoms with Gasteiger partial charge in [0.05, 0.1) is 22.9 Å². The lowest BCUT2D eigenvalue weighted by Crippen LogP contribution is -1.92. The lowest BCUT2D eigenvalue weighted by atomic mass is 9.93. The molecule has 256 valence electrons. The van der Waals surface area contributed by atoms with Gasteiger partial charge in [-0.2, -0.15) is 0 Å². The third kappa shape index (κ3) is 5.20. The van der Waals surface area contributed by atoms with E-state index >= 15 is 0 Å². The molecule has 2 heterocycles. The Morgan fingerprint density at radius 1 is 0.309 bits per heavy atom. The van der Waals surface area contributed by atoms with E-state index in [9.17, 15) is 0 Å². The minimum absolute atomic E-state index is 0.840. The Bertz CT molecular complexity index is 3190. The highest BCUT2D eigenvalue weighted by Gasteiger charge is 2.20. The van der Waals surface area contributed by atoms with E-state index in [1.807, 2.05) is 6.20 Å². The predicted molar refractivity (Wildman–Crippen MR) is 229 cm³/mol. The molecule has 11 aromatic rings. The summed E-state index contributed by atoms with van der Waals surface area (Å²) in [6.45, 7) is 0. The molecule has 0 radical (unpaired) electrons. The zero-order chi connectivity index (χ0) is 36.3. The normalized spacial score (nSPS) is 11.6. The first-order chi connectivity index (χ1) is 27.3. The number of hydrogen-bond acceptors (Lipinski definition) is 3. The molecule has 11 rings (SSSR count). The summed E-state index contributed by atoms with van der Waals surface area (Å²) in [6.07, 6.45) is 1.90. The van der Waals surface area contributed by atoms with Gasteiger partial charge in [0, 0.05) is 38.2 Å². The summed E-state index contributed by atoms with van der Waals surface area (Å²) in [6, 6.07) is 66.5. The van der Waals surface area contributed by atoms with Crippen LogP contribution in [0.15, 0.2) is 199 Å². The van der Waals surface area contributed by atoms with Gasteiger partial charge in [0.2, 0.25) is 0 Å². The second-order valence-corrected chi connectivity index (χ2v) is 14.1. The van der Waals surface area contributed by atoms with Gasteiger partial charge in [-0.25, -0.2) is 4.98 Å². The molecule has 0 amide bonds. The summed E-state index contributed by atoms with van der Waals surface area (Å²) in [7, 11) is 0. The van der Waals surface area contributed by atoms with E-state index in [0.717, 1.165) is 93.9 Å². The Morgan fingerprint density at radius 2 is 0.727 bits per heavy atom. The van der Waals surface area contributed by atoms with Gasteiger partial charge < -0.3 is 4.42 Å². The van der Waals surface area contributed by atoms with E-state index < -0.39 is 0 Å². The zero-order valence-electron chi connectivity index (χ0n) is 29.8. The molecule has 9 aromatic carbocycles. The lowest BCUT2D eigenvalue weighted by Gasteiger charge is -2.11. The smallest absolute Gasteiger partial charge is 0.143 e. The van der Waals surface area contributed by atoms with Gasteiger partial charge in [-0.3, -0.25) is 4.98 Å². The van der Waals surface area contributed by atoms with Crippen LogP contribution in [0, 0.1) is 0 Å². The number of aromatic nitrogens is 2. The first kappa shape index (κ1) is 31.2. The molecular weight excluding hydrogens is 669 g/mol. The fraction of sp³-hybridized carbons (Fsp3) is 0. The summed E-state index contributed by atoms with van der Waals surface area (Å²) in [5, 5.41) is 6.79. The van der Waals surface area contributed by atoms with Crippen molar-refractivity contribution >= 4 is 54.5 Å². The largest absolute Gasteiger partial charge is 0.455 e. The topological polar surface area (TPSA) is 38.9 Å². The summed E-state index contributed by atoms with van der Waals surface area (Å²) >= 11 is 0. The van der Waals surface area contributed by atoms with Crippen LogP contribution in [-0.4, -0.2) is 9.97 Å². The highest BCUT2D eigenvalue weighted by molar-refractivity contribution is 6.23. The standard InChI is InChI=1S/C52H32N2O/c1-4-14-33(15-5-1)38-28-44(35-18-8-3-9-19-35)51-46(30-38)47-31-39(34-16-6-2-7-17-34)29-45(52(47)55-51)36-24-26-37(27-25-36)48-32-53-49-42-22-12-10-20-40(42)41-21-11-13-23-43(41)50(49)54-48/h1-32H. The highest BCUT2D eigenvalue weighted by Crippen LogP contribution is 2.44. The lowest BCUT2D eigenvalue weighted by molar-refractivity contribution is 0.671. The van der Waals surface area contributed by atoms with Crippen molar-refractivity contribution in [2.24, 2.45) is 0 Å². The van der Waals surface area contributed by atoms with Crippen molar-refractivity contribution in [1.29, 1.82) is 0 Å². The Hall–Kier alpha value is -7.36. The molecule has 0 unspecified atom stereocenters. The minimum atomic E-state index is 0.840. The fourth-order valence-electron chi connectivity index (χ4n) is 8.20. The van der Waals surface area contributed by atoms with Crippen LogP contribution < -0.4 is 0 Å². The molecule has 0 saturated heterocycles. The summed E-state index contributed by atoms with van der Waals surface area (Å²) in [4.78, 5) is 10.3. The quantitative estimate of drug-likeness (QED) is 0.168. The SMILES string of the molecule is c1ccc(-c2cc(-c3ccccc3)c3oc4c(-c5ccc(-c6cnc7c8ccccc8c8ccccc8c7n6)cc5)cc(-c5ccccc5)cc4c3c2)cc1. The molecule has 0 aliphatic heterocycles. The van der Waals surface area contributed by atoms with E-state index in [2.05, 4.69) is 188 Å². The summed E-state index contributed by atoms with van der Waals surface area (Å²) in [5.74, 6) is 0. The maximum Gasteiger partial charge on any atom is 0.143 e. The Morgan fingerprint density at radius 3 is 1.25 bits per heavy atom. The minimum Gasteiger partial charge on any atom is -0.455 e. The molecule has 2 aromatic heterocycles. The van der Waals surface area contributed by atoms with E-state index in [1.54, 1.807) is 0 Å². The molecule has 0 spiro atoms. The van der Waals surface area contributed by atoms with Crippen molar-refractivity contribution in [1.82, 2.24) is 9.97 Å². The molecule has 3 nitrogen and oxygen atoms in total. The van der Waals surface area contributed by atoms with Gasteiger partial charge in [-0.15, -0.1) is 0 Å². The van der Waals surface area contributed by atoms with Gasteiger partial charge in [0.15, 0.2) is 0 Å². The number of furan rings is 1. The van der Waals surface area contributed by atoms with Crippen molar-refractivity contribution < 1.29 is 4.42 Å². The van der Waals surface area contributed by atoms with Crippen LogP contribution in [-0.2, 0) is 0 Å². The highest BCUT2D eigenvalue weighted by atomic mass is 16.3. The molecule has 3 heteroatoms. The second-order valence-electron chi connectivity index (χ2n) is 14.1. The molecule has 0 aliphatic carbocycles. The number of fused-ring (bicyclic) bond motifs is 9. The van der Waals surface area contributed by atoms with Crippen molar-refractivity contribution in [2.75, 3.05) is 0 Å². The number of hydrogen-bond donors (Lipinski definition) is 0. The van der Waals surface area contributed by atoms with Crippen LogP contribution in [0.2, 0.25) is 0 Å². The van der Waals surface area contributed by atoms with Gasteiger partial charge in [0.25, 0.3) is 0 Å². The maximum atomic E-state index is 7.02. The third-order valence-corrected chi connectivity index (χ3v) is 10.9. The molecule has 0 N–H and O–H groups in total. The van der Waals surface area contributed by atoms with Crippen LogP contribution >= 0.6 is 0 Å². The average Bonchev–Trinajstić information content (AvgIpc) is 3.65. The number of benzene rings is 9. The van der Waals surface area contributed by atoms with Crippen molar-refractivity contribution in [2.45, 2.75) is 0 Å². The van der Waals surface area contributed by atoms with Gasteiger partial charge in [-0.1, -0.05) is 164 Å². The molecule has 0 atom stereocenters. The van der Waals surface area contributed by atoms with Crippen LogP contribution in [0.4, 0.5) is 0 Å². The number of nitrogens with zero attached hydrogens (tertiary/aromatic N) is 2. The van der Waals surface area contributed by atoms with Crippen molar-refractivity contribution in [3.63, 3.8) is 0 Å². The Labute approximate surface area is 317 Å². The Balaban J connectivity index is 1.11. The van der Waals surface area contributed by atoms with E-state index in [-0.39, 0.29) is 0 Å². The van der Waals surface area contributed by atoms with Crippen LogP contribution in [0.1, 0.15) is 0 Å². The van der Waals surface area contributed by atoms with Crippen LogP contribution in [0.3, 0.4) is 0 Å². The average molecular weight is 701 g/mol. The molecular formula is C52H32N2O. The molecule has 0 bridgehead atoms. The maximum absolute atomic E-state index is 7.02. The monoisotopic (exact) mass is 700 g/mol. The second kappa shape index (κ2) is 12.6. The van der Waals surface area contributed by atoms with Crippen LogP contribution in [0.5, 0.6) is 0 Å². The van der Waals surface area contributed by atoms with E-state index in [4.69, 9.17) is 14.4 Å². The van der Waals surface area contributed by atoms with E-state index in [0.29, 0.717) is 0 Å². The molecule has 0 fully saturated rings. The van der Waals surface area contributed by atoms with Gasteiger partial charge in [0.1, 0.15) is 11.2 Å². The molecule has 55 heavy (non-hydrogen) atoms. The number of rotatable bonds is 5. The first-order valence-electron chi connectivity index (χ1n) is 18.6.